The van der Waals surface area contributed by atoms with Crippen LogP contribution < -0.4 is 4.74 Å². The number of halogens is 1. The van der Waals surface area contributed by atoms with E-state index in [0.29, 0.717) is 66.7 Å². The Morgan fingerprint density at radius 3 is 2.00 bits per heavy atom. The van der Waals surface area contributed by atoms with Crippen LogP contribution in [-0.2, 0) is 20.0 Å². The monoisotopic (exact) mass is 577 g/mol. The summed E-state index contributed by atoms with van der Waals surface area (Å²) in [5, 5.41) is 0. The van der Waals surface area contributed by atoms with Gasteiger partial charge in [-0.25, -0.2) is 21.1 Å². The predicted molar refractivity (Wildman–Crippen MR) is 150 cm³/mol. The number of nitrogens with zero attached hydrogens (tertiary/aromatic N) is 3. The first-order valence-electron chi connectivity index (χ1n) is 13.5. The summed E-state index contributed by atoms with van der Waals surface area (Å²) in [6.45, 7) is 9.20. The maximum Gasteiger partial charge on any atom is 0.243 e. The molecule has 0 spiro atoms. The second-order valence-corrected chi connectivity index (χ2v) is 14.9. The second kappa shape index (κ2) is 13.0. The van der Waals surface area contributed by atoms with Gasteiger partial charge in [0.25, 0.3) is 0 Å². The molecule has 3 heterocycles. The number of aryl methyl sites for hydroxylation is 2. The lowest BCUT2D eigenvalue weighted by Crippen LogP contribution is -2.40. The highest BCUT2D eigenvalue weighted by Gasteiger charge is 2.36. The van der Waals surface area contributed by atoms with Crippen LogP contribution >= 0.6 is 12.4 Å². The van der Waals surface area contributed by atoms with Crippen molar-refractivity contribution in [3.05, 3.63) is 23.3 Å². The molecule has 4 rings (SSSR count). The second-order valence-electron chi connectivity index (χ2n) is 10.9. The molecule has 8 nitrogen and oxygen atoms in total. The van der Waals surface area contributed by atoms with Crippen LogP contribution in [0.2, 0.25) is 0 Å². The zero-order valence-corrected chi connectivity index (χ0v) is 25.0. The maximum absolute atomic E-state index is 13.4. The third kappa shape index (κ3) is 7.39. The van der Waals surface area contributed by atoms with Crippen molar-refractivity contribution in [2.45, 2.75) is 63.7 Å². The van der Waals surface area contributed by atoms with Crippen molar-refractivity contribution in [1.29, 1.82) is 0 Å². The lowest BCUT2D eigenvalue weighted by Gasteiger charge is -2.32. The van der Waals surface area contributed by atoms with E-state index in [1.165, 1.54) is 36.7 Å². The SMILES string of the molecule is COc1cc(C)c(S(=O)(=O)N2CCC(CCS(=O)(=O)N3CCC(CCN4CCCC4)CC3)C2)c(C)c1.Cl. The highest BCUT2D eigenvalue weighted by molar-refractivity contribution is 7.89. The van der Waals surface area contributed by atoms with Crippen molar-refractivity contribution in [1.82, 2.24) is 13.5 Å². The quantitative estimate of drug-likeness (QED) is 0.422. The Morgan fingerprint density at radius 1 is 0.838 bits per heavy atom. The van der Waals surface area contributed by atoms with Gasteiger partial charge in [-0.15, -0.1) is 12.4 Å². The van der Waals surface area contributed by atoms with Gasteiger partial charge in [0.15, 0.2) is 0 Å². The Kier molecular flexibility index (Phi) is 10.7. The van der Waals surface area contributed by atoms with Gasteiger partial charge < -0.3 is 9.64 Å². The molecule has 0 radical (unpaired) electrons. The van der Waals surface area contributed by atoms with Crippen molar-refractivity contribution in [2.75, 3.05) is 58.7 Å². The van der Waals surface area contributed by atoms with Crippen LogP contribution in [-0.4, -0.2) is 89.0 Å². The van der Waals surface area contributed by atoms with Gasteiger partial charge in [-0.1, -0.05) is 0 Å². The van der Waals surface area contributed by atoms with Crippen LogP contribution in [0.1, 0.15) is 56.1 Å². The summed E-state index contributed by atoms with van der Waals surface area (Å²) in [4.78, 5) is 2.87. The highest BCUT2D eigenvalue weighted by atomic mass is 35.5. The molecule has 11 heteroatoms. The molecule has 212 valence electrons. The molecule has 0 aromatic heterocycles. The minimum Gasteiger partial charge on any atom is -0.497 e. The van der Waals surface area contributed by atoms with Gasteiger partial charge in [0.2, 0.25) is 20.0 Å². The normalized spacial score (nSPS) is 22.8. The summed E-state index contributed by atoms with van der Waals surface area (Å²) in [6.07, 6.45) is 6.88. The molecule has 0 amide bonds. The van der Waals surface area contributed by atoms with E-state index in [1.54, 1.807) is 37.4 Å². The molecule has 3 aliphatic rings. The molecule has 1 unspecified atom stereocenters. The van der Waals surface area contributed by atoms with Crippen molar-refractivity contribution >= 4 is 32.5 Å². The van der Waals surface area contributed by atoms with Gasteiger partial charge in [0.1, 0.15) is 5.75 Å². The maximum atomic E-state index is 13.4. The number of sulfonamides is 2. The van der Waals surface area contributed by atoms with Crippen molar-refractivity contribution < 1.29 is 21.6 Å². The van der Waals surface area contributed by atoms with E-state index in [4.69, 9.17) is 4.74 Å². The molecule has 3 aliphatic heterocycles. The number of benzene rings is 1. The minimum absolute atomic E-state index is 0. The first kappa shape index (κ1) is 30.6. The van der Waals surface area contributed by atoms with Crippen molar-refractivity contribution in [3.8, 4) is 5.75 Å². The van der Waals surface area contributed by atoms with E-state index in [0.717, 1.165) is 19.4 Å². The Labute approximate surface area is 230 Å². The van der Waals surface area contributed by atoms with E-state index >= 15 is 0 Å². The van der Waals surface area contributed by atoms with E-state index in [9.17, 15) is 16.8 Å². The van der Waals surface area contributed by atoms with Gasteiger partial charge in [0, 0.05) is 26.2 Å². The molecule has 37 heavy (non-hydrogen) atoms. The molecule has 0 saturated carbocycles. The number of hydrogen-bond acceptors (Lipinski definition) is 6. The van der Waals surface area contributed by atoms with Crippen LogP contribution in [0.3, 0.4) is 0 Å². The van der Waals surface area contributed by atoms with Gasteiger partial charge in [-0.3, -0.25) is 0 Å². The topological polar surface area (TPSA) is 87.2 Å². The zero-order valence-electron chi connectivity index (χ0n) is 22.5. The molecule has 0 aliphatic carbocycles. The van der Waals surface area contributed by atoms with E-state index in [2.05, 4.69) is 4.90 Å². The summed E-state index contributed by atoms with van der Waals surface area (Å²) in [5.74, 6) is 1.43. The summed E-state index contributed by atoms with van der Waals surface area (Å²) >= 11 is 0. The average molecular weight is 578 g/mol. The molecular weight excluding hydrogens is 534 g/mol. The minimum atomic E-state index is -3.64. The summed E-state index contributed by atoms with van der Waals surface area (Å²) in [6, 6.07) is 3.49. The van der Waals surface area contributed by atoms with E-state index < -0.39 is 20.0 Å². The average Bonchev–Trinajstić information content (AvgIpc) is 3.54. The summed E-state index contributed by atoms with van der Waals surface area (Å²) in [5.41, 5.74) is 1.34. The zero-order chi connectivity index (χ0) is 25.9. The third-order valence-electron chi connectivity index (χ3n) is 8.32. The van der Waals surface area contributed by atoms with Crippen LogP contribution in [0, 0.1) is 25.7 Å². The first-order valence-corrected chi connectivity index (χ1v) is 16.5. The third-order valence-corrected chi connectivity index (χ3v) is 12.4. The number of methoxy groups -OCH3 is 1. The van der Waals surface area contributed by atoms with E-state index in [-0.39, 0.29) is 24.1 Å². The number of hydrogen-bond donors (Lipinski definition) is 0. The highest BCUT2D eigenvalue weighted by Crippen LogP contribution is 2.32. The van der Waals surface area contributed by atoms with Crippen LogP contribution in [0.25, 0.3) is 0 Å². The van der Waals surface area contributed by atoms with Crippen LogP contribution in [0.15, 0.2) is 17.0 Å². The van der Waals surface area contributed by atoms with Crippen LogP contribution in [0.5, 0.6) is 5.75 Å². The smallest absolute Gasteiger partial charge is 0.243 e. The lowest BCUT2D eigenvalue weighted by molar-refractivity contribution is 0.231. The van der Waals surface area contributed by atoms with Crippen molar-refractivity contribution in [3.63, 3.8) is 0 Å². The van der Waals surface area contributed by atoms with Gasteiger partial charge >= 0.3 is 0 Å². The predicted octanol–water partition coefficient (Wildman–Crippen LogP) is 3.66. The number of rotatable bonds is 10. The standard InChI is InChI=1S/C26H43N3O5S2.ClH/c1-21-18-25(34-3)19-22(2)26(21)36(32,33)29-16-9-24(20-29)10-17-35(30,31)28-14-7-23(8-15-28)6-13-27-11-4-5-12-27;/h18-19,23-24H,4-17,20H2,1-3H3;1H. The van der Waals surface area contributed by atoms with E-state index in [1.807, 2.05) is 0 Å². The molecule has 1 aromatic rings. The largest absolute Gasteiger partial charge is 0.497 e. The molecule has 3 fully saturated rings. The molecule has 0 N–H and O–H groups in total. The van der Waals surface area contributed by atoms with Crippen molar-refractivity contribution in [2.24, 2.45) is 11.8 Å². The number of piperidine rings is 1. The Bertz CT molecular complexity index is 1090. The van der Waals surface area contributed by atoms with Crippen LogP contribution in [0.4, 0.5) is 0 Å². The lowest BCUT2D eigenvalue weighted by atomic mass is 9.94. The fraction of sp³-hybridized carbons (Fsp3) is 0.769. The first-order chi connectivity index (χ1) is 17.1. The molecule has 3 saturated heterocycles. The Morgan fingerprint density at radius 2 is 1.41 bits per heavy atom. The fourth-order valence-corrected chi connectivity index (χ4v) is 9.71. The molecular formula is C26H44ClN3O5S2. The summed E-state index contributed by atoms with van der Waals surface area (Å²) < 4.78 is 61.3. The summed E-state index contributed by atoms with van der Waals surface area (Å²) in [7, 11) is -5.38. The fourth-order valence-electron chi connectivity index (χ4n) is 6.11. The number of ether oxygens (including phenoxy) is 1. The Balaban J connectivity index is 0.00000380. The molecule has 1 aromatic carbocycles. The van der Waals surface area contributed by atoms with Gasteiger partial charge in [0.05, 0.1) is 17.8 Å². The number of likely N-dealkylation sites (tertiary alicyclic amines) is 1. The van der Waals surface area contributed by atoms with Gasteiger partial charge in [-0.05, 0) is 114 Å². The molecule has 0 bridgehead atoms. The Hall–Kier alpha value is -0.910. The van der Waals surface area contributed by atoms with Gasteiger partial charge in [-0.2, -0.15) is 4.31 Å². The molecule has 1 atom stereocenters.